The largest absolute Gasteiger partial charge is 0.493 e. The minimum absolute atomic E-state index is 0.0103. The number of methoxy groups -OCH3 is 1. The number of nitrogens with zero attached hydrogens (tertiary/aromatic N) is 1. The lowest BCUT2D eigenvalue weighted by atomic mass is 10.1. The number of rotatable bonds is 7. The summed E-state index contributed by atoms with van der Waals surface area (Å²) in [5.74, 6) is -1.87. The van der Waals surface area contributed by atoms with Crippen molar-refractivity contribution in [3.63, 3.8) is 0 Å². The molecule has 0 saturated carbocycles. The van der Waals surface area contributed by atoms with E-state index in [0.717, 1.165) is 0 Å². The molecule has 0 aromatic heterocycles. The van der Waals surface area contributed by atoms with Gasteiger partial charge in [0.25, 0.3) is 11.8 Å². The third-order valence-corrected chi connectivity index (χ3v) is 4.44. The number of halogens is 1. The molecule has 1 aliphatic heterocycles. The Labute approximate surface area is 168 Å². The SMILES string of the molecule is C=CCN1C(=O)C(=Cc2cc(OC)c(OCC(=O)O)cc2Br)C(=O)NC1=S. The zero-order chi connectivity index (χ0) is 20.1. The van der Waals surface area contributed by atoms with Gasteiger partial charge in [0.05, 0.1) is 7.11 Å². The summed E-state index contributed by atoms with van der Waals surface area (Å²) >= 11 is 8.32. The molecule has 2 amide bonds. The number of nitrogens with one attached hydrogen (secondary N) is 1. The van der Waals surface area contributed by atoms with Crippen LogP contribution >= 0.6 is 28.1 Å². The fraction of sp³-hybridized carbons (Fsp3) is 0.176. The number of thiocarbonyl (C=S) groups is 1. The molecule has 0 bridgehead atoms. The van der Waals surface area contributed by atoms with Crippen LogP contribution < -0.4 is 14.8 Å². The van der Waals surface area contributed by atoms with Crippen LogP contribution in [0.1, 0.15) is 5.56 Å². The second kappa shape index (κ2) is 8.78. The van der Waals surface area contributed by atoms with E-state index in [9.17, 15) is 14.4 Å². The highest BCUT2D eigenvalue weighted by Crippen LogP contribution is 2.35. The minimum Gasteiger partial charge on any atom is -0.493 e. The summed E-state index contributed by atoms with van der Waals surface area (Å²) in [6, 6.07) is 3.01. The first-order valence-corrected chi connectivity index (χ1v) is 8.70. The maximum Gasteiger partial charge on any atom is 0.341 e. The van der Waals surface area contributed by atoms with Crippen molar-refractivity contribution in [3.8, 4) is 11.5 Å². The average molecular weight is 455 g/mol. The normalized spacial score (nSPS) is 15.6. The summed E-state index contributed by atoms with van der Waals surface area (Å²) in [7, 11) is 1.39. The Hall–Kier alpha value is -2.72. The van der Waals surface area contributed by atoms with Crippen LogP contribution in [0.5, 0.6) is 11.5 Å². The van der Waals surface area contributed by atoms with Crippen LogP contribution in [0.15, 0.2) is 34.8 Å². The predicted octanol–water partition coefficient (Wildman–Crippen LogP) is 1.73. The van der Waals surface area contributed by atoms with Gasteiger partial charge in [-0.3, -0.25) is 19.8 Å². The number of carbonyl (C=O) groups is 3. The molecule has 0 atom stereocenters. The van der Waals surface area contributed by atoms with Gasteiger partial charge < -0.3 is 14.6 Å². The molecule has 27 heavy (non-hydrogen) atoms. The molecule has 8 nitrogen and oxygen atoms in total. The Bertz CT molecular complexity index is 867. The van der Waals surface area contributed by atoms with E-state index in [4.69, 9.17) is 26.8 Å². The lowest BCUT2D eigenvalue weighted by Crippen LogP contribution is -2.53. The van der Waals surface area contributed by atoms with Gasteiger partial charge in [-0.2, -0.15) is 0 Å². The van der Waals surface area contributed by atoms with Gasteiger partial charge in [0.1, 0.15) is 5.57 Å². The Morgan fingerprint density at radius 3 is 2.70 bits per heavy atom. The molecule has 1 saturated heterocycles. The van der Waals surface area contributed by atoms with Crippen molar-refractivity contribution >= 4 is 57.1 Å². The van der Waals surface area contributed by atoms with E-state index in [2.05, 4.69) is 27.8 Å². The quantitative estimate of drug-likeness (QED) is 0.279. The van der Waals surface area contributed by atoms with Crippen molar-refractivity contribution in [2.45, 2.75) is 0 Å². The van der Waals surface area contributed by atoms with Gasteiger partial charge in [-0.25, -0.2) is 4.79 Å². The fourth-order valence-corrected chi connectivity index (χ4v) is 2.90. The molecule has 10 heteroatoms. The van der Waals surface area contributed by atoms with Crippen molar-refractivity contribution in [3.05, 3.63) is 40.4 Å². The van der Waals surface area contributed by atoms with E-state index in [1.807, 2.05) is 0 Å². The summed E-state index contributed by atoms with van der Waals surface area (Å²) in [4.78, 5) is 36.7. The number of carbonyl (C=O) groups excluding carboxylic acids is 2. The van der Waals surface area contributed by atoms with Gasteiger partial charge in [0.2, 0.25) is 0 Å². The highest BCUT2D eigenvalue weighted by Gasteiger charge is 2.32. The van der Waals surface area contributed by atoms with Gasteiger partial charge in [0, 0.05) is 11.0 Å². The molecule has 1 fully saturated rings. The first-order chi connectivity index (χ1) is 12.8. The monoisotopic (exact) mass is 454 g/mol. The first kappa shape index (κ1) is 20.6. The zero-order valence-electron chi connectivity index (χ0n) is 14.2. The van der Waals surface area contributed by atoms with Gasteiger partial charge in [-0.1, -0.05) is 22.0 Å². The summed E-state index contributed by atoms with van der Waals surface area (Å²) in [6.07, 6.45) is 2.87. The topological polar surface area (TPSA) is 105 Å². The number of amides is 2. The number of hydrogen-bond donors (Lipinski definition) is 2. The summed E-state index contributed by atoms with van der Waals surface area (Å²) in [5, 5.41) is 11.2. The van der Waals surface area contributed by atoms with Gasteiger partial charge in [-0.05, 0) is 36.0 Å². The molecule has 0 radical (unpaired) electrons. The van der Waals surface area contributed by atoms with Crippen LogP contribution in [0.25, 0.3) is 6.08 Å². The smallest absolute Gasteiger partial charge is 0.341 e. The van der Waals surface area contributed by atoms with E-state index < -0.39 is 24.4 Å². The van der Waals surface area contributed by atoms with Crippen molar-refractivity contribution in [2.75, 3.05) is 20.3 Å². The Kier molecular flexibility index (Phi) is 6.70. The van der Waals surface area contributed by atoms with Crippen LogP contribution in [0.4, 0.5) is 0 Å². The number of carboxylic acid groups (broad SMARTS) is 1. The molecule has 1 aromatic rings. The second-order valence-electron chi connectivity index (χ2n) is 5.23. The van der Waals surface area contributed by atoms with E-state index in [1.54, 1.807) is 0 Å². The summed E-state index contributed by atoms with van der Waals surface area (Å²) in [6.45, 7) is 3.17. The molecular weight excluding hydrogens is 440 g/mol. The maximum atomic E-state index is 12.6. The number of aliphatic carboxylic acids is 1. The van der Waals surface area contributed by atoms with Gasteiger partial charge in [-0.15, -0.1) is 6.58 Å². The fourth-order valence-electron chi connectivity index (χ4n) is 2.22. The molecule has 1 aromatic carbocycles. The summed E-state index contributed by atoms with van der Waals surface area (Å²) in [5.41, 5.74) is 0.340. The van der Waals surface area contributed by atoms with E-state index in [1.165, 1.54) is 36.3 Å². The van der Waals surface area contributed by atoms with Crippen molar-refractivity contribution in [2.24, 2.45) is 0 Å². The van der Waals surface area contributed by atoms with Crippen LogP contribution in [0, 0.1) is 0 Å². The summed E-state index contributed by atoms with van der Waals surface area (Å²) < 4.78 is 10.8. The predicted molar refractivity (Wildman–Crippen MR) is 104 cm³/mol. The number of carboxylic acids is 1. The van der Waals surface area contributed by atoms with Crippen molar-refractivity contribution in [1.82, 2.24) is 10.2 Å². The van der Waals surface area contributed by atoms with Crippen LogP contribution in [-0.2, 0) is 14.4 Å². The molecule has 2 N–H and O–H groups in total. The zero-order valence-corrected chi connectivity index (χ0v) is 16.6. The third-order valence-electron chi connectivity index (χ3n) is 3.43. The van der Waals surface area contributed by atoms with E-state index >= 15 is 0 Å². The number of hydrogen-bond acceptors (Lipinski definition) is 6. The molecule has 1 heterocycles. The molecule has 1 aliphatic rings. The van der Waals surface area contributed by atoms with Crippen LogP contribution in [-0.4, -0.2) is 53.2 Å². The molecule has 142 valence electrons. The average Bonchev–Trinajstić information content (AvgIpc) is 2.61. The first-order valence-electron chi connectivity index (χ1n) is 7.50. The third kappa shape index (κ3) is 4.72. The van der Waals surface area contributed by atoms with Crippen molar-refractivity contribution in [1.29, 1.82) is 0 Å². The minimum atomic E-state index is -1.14. The van der Waals surface area contributed by atoms with Crippen LogP contribution in [0.2, 0.25) is 0 Å². The Morgan fingerprint density at radius 2 is 2.11 bits per heavy atom. The Balaban J connectivity index is 2.43. The molecule has 0 spiro atoms. The standard InChI is InChI=1S/C17H15BrN2O6S/c1-3-4-20-16(24)10(15(23)19-17(20)27)5-9-6-12(25-2)13(7-11(9)18)26-8-14(21)22/h3,5-7H,1,4,8H2,2H3,(H,21,22)(H,19,23,27). The van der Waals surface area contributed by atoms with E-state index in [0.29, 0.717) is 10.0 Å². The lowest BCUT2D eigenvalue weighted by Gasteiger charge is -2.27. The second-order valence-corrected chi connectivity index (χ2v) is 6.47. The number of ether oxygens (including phenoxy) is 2. The highest BCUT2D eigenvalue weighted by molar-refractivity contribution is 9.10. The molecule has 2 rings (SSSR count). The molecule has 0 aliphatic carbocycles. The lowest BCUT2D eigenvalue weighted by molar-refractivity contribution is -0.139. The van der Waals surface area contributed by atoms with Gasteiger partial charge >= 0.3 is 5.97 Å². The molecule has 0 unspecified atom stereocenters. The van der Waals surface area contributed by atoms with Crippen molar-refractivity contribution < 1.29 is 29.0 Å². The van der Waals surface area contributed by atoms with Gasteiger partial charge in [0.15, 0.2) is 23.2 Å². The van der Waals surface area contributed by atoms with E-state index in [-0.39, 0.29) is 28.7 Å². The number of benzene rings is 1. The van der Waals surface area contributed by atoms with Crippen LogP contribution in [0.3, 0.4) is 0 Å². The maximum absolute atomic E-state index is 12.6. The Morgan fingerprint density at radius 1 is 1.41 bits per heavy atom. The highest BCUT2D eigenvalue weighted by atomic mass is 79.9. The molecular formula is C17H15BrN2O6S.